The van der Waals surface area contributed by atoms with Crippen LogP contribution in [-0.2, 0) is 16.1 Å². The standard InChI is InChI=1S/C13H17BrN2O2S/c1-15(7-12-6-10(14)9-19-12)8-13(18)16-4-2-11(17)3-5-16/h6,9H,2-5,7-8H2,1H3. The first-order valence-corrected chi connectivity index (χ1v) is 7.93. The van der Waals surface area contributed by atoms with Crippen LogP contribution in [0.15, 0.2) is 15.9 Å². The maximum absolute atomic E-state index is 12.1. The van der Waals surface area contributed by atoms with E-state index in [4.69, 9.17) is 0 Å². The average molecular weight is 345 g/mol. The molecule has 19 heavy (non-hydrogen) atoms. The van der Waals surface area contributed by atoms with Crippen molar-refractivity contribution in [2.45, 2.75) is 19.4 Å². The van der Waals surface area contributed by atoms with Crippen LogP contribution in [0.2, 0.25) is 0 Å². The van der Waals surface area contributed by atoms with E-state index in [2.05, 4.69) is 22.0 Å². The molecule has 0 bridgehead atoms. The molecule has 1 aromatic heterocycles. The molecular formula is C13H17BrN2O2S. The predicted octanol–water partition coefficient (Wildman–Crippen LogP) is 2.13. The topological polar surface area (TPSA) is 40.6 Å². The molecule has 104 valence electrons. The van der Waals surface area contributed by atoms with Gasteiger partial charge in [0.15, 0.2) is 0 Å². The Hall–Kier alpha value is -0.720. The van der Waals surface area contributed by atoms with Crippen LogP contribution in [0.25, 0.3) is 0 Å². The average Bonchev–Trinajstić information content (AvgIpc) is 2.75. The Kier molecular flexibility index (Phi) is 5.13. The zero-order valence-electron chi connectivity index (χ0n) is 10.9. The number of carbonyl (C=O) groups is 2. The molecule has 6 heteroatoms. The number of carbonyl (C=O) groups excluding carboxylic acids is 2. The molecule has 2 heterocycles. The summed E-state index contributed by atoms with van der Waals surface area (Å²) in [6.45, 7) is 2.34. The van der Waals surface area contributed by atoms with Crippen molar-refractivity contribution >= 4 is 39.0 Å². The fraction of sp³-hybridized carbons (Fsp3) is 0.538. The van der Waals surface area contributed by atoms with Gasteiger partial charge in [-0.2, -0.15) is 0 Å². The molecular weight excluding hydrogens is 328 g/mol. The second-order valence-electron chi connectivity index (χ2n) is 4.82. The van der Waals surface area contributed by atoms with Crippen molar-refractivity contribution in [3.05, 3.63) is 20.8 Å². The lowest BCUT2D eigenvalue weighted by Crippen LogP contribution is -2.43. The molecule has 0 N–H and O–H groups in total. The maximum atomic E-state index is 12.1. The minimum absolute atomic E-state index is 0.116. The van der Waals surface area contributed by atoms with Gasteiger partial charge < -0.3 is 4.90 Å². The Morgan fingerprint density at radius 1 is 1.47 bits per heavy atom. The number of ketones is 1. The molecule has 1 aliphatic heterocycles. The molecule has 1 amide bonds. The smallest absolute Gasteiger partial charge is 0.236 e. The van der Waals surface area contributed by atoms with E-state index in [0.717, 1.165) is 11.0 Å². The first-order valence-electron chi connectivity index (χ1n) is 6.25. The molecule has 0 aliphatic carbocycles. The van der Waals surface area contributed by atoms with Crippen molar-refractivity contribution in [2.24, 2.45) is 0 Å². The molecule has 4 nitrogen and oxygen atoms in total. The summed E-state index contributed by atoms with van der Waals surface area (Å²) < 4.78 is 1.08. The third kappa shape index (κ3) is 4.40. The number of piperidine rings is 1. The number of rotatable bonds is 4. The number of amides is 1. The summed E-state index contributed by atoms with van der Waals surface area (Å²) in [7, 11) is 1.95. The van der Waals surface area contributed by atoms with Crippen molar-refractivity contribution in [2.75, 3.05) is 26.7 Å². The number of thiophene rings is 1. The monoisotopic (exact) mass is 344 g/mol. The van der Waals surface area contributed by atoms with Gasteiger partial charge in [0, 0.05) is 47.2 Å². The lowest BCUT2D eigenvalue weighted by Gasteiger charge is -2.28. The molecule has 0 radical (unpaired) electrons. The summed E-state index contributed by atoms with van der Waals surface area (Å²) >= 11 is 5.11. The zero-order chi connectivity index (χ0) is 13.8. The summed E-state index contributed by atoms with van der Waals surface area (Å²) in [5.41, 5.74) is 0. The zero-order valence-corrected chi connectivity index (χ0v) is 13.3. The van der Waals surface area contributed by atoms with Crippen LogP contribution in [0, 0.1) is 0 Å². The highest BCUT2D eigenvalue weighted by molar-refractivity contribution is 9.10. The summed E-state index contributed by atoms with van der Waals surface area (Å²) in [5.74, 6) is 0.381. The molecule has 1 fully saturated rings. The first kappa shape index (κ1) is 14.7. The maximum Gasteiger partial charge on any atom is 0.236 e. The fourth-order valence-corrected chi connectivity index (χ4v) is 3.63. The van der Waals surface area contributed by atoms with Gasteiger partial charge in [-0.05, 0) is 29.0 Å². The summed E-state index contributed by atoms with van der Waals surface area (Å²) in [4.78, 5) is 28.3. The Morgan fingerprint density at radius 2 is 2.16 bits per heavy atom. The van der Waals surface area contributed by atoms with Gasteiger partial charge in [0.25, 0.3) is 0 Å². The van der Waals surface area contributed by atoms with E-state index >= 15 is 0 Å². The summed E-state index contributed by atoms with van der Waals surface area (Å²) in [6.07, 6.45) is 1.01. The van der Waals surface area contributed by atoms with Gasteiger partial charge in [0.05, 0.1) is 6.54 Å². The van der Waals surface area contributed by atoms with E-state index in [0.29, 0.717) is 32.5 Å². The summed E-state index contributed by atoms with van der Waals surface area (Å²) in [5, 5.41) is 2.04. The van der Waals surface area contributed by atoms with Crippen molar-refractivity contribution in [3.8, 4) is 0 Å². The highest BCUT2D eigenvalue weighted by Gasteiger charge is 2.21. The summed E-state index contributed by atoms with van der Waals surface area (Å²) in [6, 6.07) is 2.07. The SMILES string of the molecule is CN(CC(=O)N1CCC(=O)CC1)Cc1cc(Br)cs1. The lowest BCUT2D eigenvalue weighted by atomic mass is 10.1. The van der Waals surface area contributed by atoms with Crippen LogP contribution >= 0.6 is 27.3 Å². The van der Waals surface area contributed by atoms with E-state index in [9.17, 15) is 9.59 Å². The normalized spacial score (nSPS) is 16.2. The highest BCUT2D eigenvalue weighted by atomic mass is 79.9. The third-order valence-corrected chi connectivity index (χ3v) is 4.81. The molecule has 0 aromatic carbocycles. The molecule has 0 saturated carbocycles. The quantitative estimate of drug-likeness (QED) is 0.840. The van der Waals surface area contributed by atoms with E-state index in [1.54, 1.807) is 16.2 Å². The molecule has 0 spiro atoms. The number of likely N-dealkylation sites (tertiary alicyclic amines) is 1. The lowest BCUT2D eigenvalue weighted by molar-refractivity contribution is -0.135. The van der Waals surface area contributed by atoms with Gasteiger partial charge in [0.2, 0.25) is 5.91 Å². The second kappa shape index (κ2) is 6.63. The minimum Gasteiger partial charge on any atom is -0.341 e. The van der Waals surface area contributed by atoms with E-state index in [1.165, 1.54) is 4.88 Å². The van der Waals surface area contributed by atoms with Gasteiger partial charge in [-0.1, -0.05) is 0 Å². The first-order chi connectivity index (χ1) is 9.04. The molecule has 2 rings (SSSR count). The number of Topliss-reactive ketones (excluding diaryl/α,β-unsaturated/α-hetero) is 1. The number of nitrogens with zero attached hydrogens (tertiary/aromatic N) is 2. The van der Waals surface area contributed by atoms with Gasteiger partial charge in [0.1, 0.15) is 5.78 Å². The van der Waals surface area contributed by atoms with E-state index < -0.39 is 0 Å². The van der Waals surface area contributed by atoms with Crippen molar-refractivity contribution < 1.29 is 9.59 Å². The minimum atomic E-state index is 0.116. The number of hydrogen-bond donors (Lipinski definition) is 0. The van der Waals surface area contributed by atoms with Gasteiger partial charge >= 0.3 is 0 Å². The molecule has 0 unspecified atom stereocenters. The second-order valence-corrected chi connectivity index (χ2v) is 6.73. The number of hydrogen-bond acceptors (Lipinski definition) is 4. The van der Waals surface area contributed by atoms with Crippen molar-refractivity contribution in [1.29, 1.82) is 0 Å². The third-order valence-electron chi connectivity index (χ3n) is 3.13. The van der Waals surface area contributed by atoms with Crippen LogP contribution in [0.3, 0.4) is 0 Å². The molecule has 1 aliphatic rings. The van der Waals surface area contributed by atoms with Crippen LogP contribution in [0.1, 0.15) is 17.7 Å². The van der Waals surface area contributed by atoms with Gasteiger partial charge in [-0.25, -0.2) is 0 Å². The Balaban J connectivity index is 1.80. The van der Waals surface area contributed by atoms with Crippen molar-refractivity contribution in [1.82, 2.24) is 9.80 Å². The highest BCUT2D eigenvalue weighted by Crippen LogP contribution is 2.20. The Morgan fingerprint density at radius 3 is 2.74 bits per heavy atom. The van der Waals surface area contributed by atoms with Crippen molar-refractivity contribution in [3.63, 3.8) is 0 Å². The van der Waals surface area contributed by atoms with E-state index in [1.807, 2.05) is 17.3 Å². The largest absolute Gasteiger partial charge is 0.341 e. The van der Waals surface area contributed by atoms with E-state index in [-0.39, 0.29) is 11.7 Å². The van der Waals surface area contributed by atoms with Crippen LogP contribution in [0.5, 0.6) is 0 Å². The van der Waals surface area contributed by atoms with Crippen LogP contribution < -0.4 is 0 Å². The predicted molar refractivity (Wildman–Crippen MR) is 79.2 cm³/mol. The van der Waals surface area contributed by atoms with Gasteiger partial charge in [-0.3, -0.25) is 14.5 Å². The van der Waals surface area contributed by atoms with Gasteiger partial charge in [-0.15, -0.1) is 11.3 Å². The number of likely N-dealkylation sites (N-methyl/N-ethyl adjacent to an activating group) is 1. The molecule has 1 aromatic rings. The molecule has 1 saturated heterocycles. The molecule has 0 atom stereocenters. The Labute approximate surface area is 125 Å². The number of halogens is 1. The van der Waals surface area contributed by atoms with Crippen LogP contribution in [0.4, 0.5) is 0 Å². The fourth-order valence-electron chi connectivity index (χ4n) is 2.10. The van der Waals surface area contributed by atoms with Crippen LogP contribution in [-0.4, -0.2) is 48.2 Å². The Bertz CT molecular complexity index is 465.